The number of ether oxygens (including phenoxy) is 1. The zero-order valence-corrected chi connectivity index (χ0v) is 13.3. The standard InChI is InChI=1S/C16H29N3O/c1-12(2)20-16-11-14(5-6-15(16)17)19-9-7-13(8-10-19)18(3)4/h5-6,12-13,16H,7-11,17H2,1-4H3. The van der Waals surface area contributed by atoms with E-state index in [-0.39, 0.29) is 12.2 Å². The molecule has 0 aromatic carbocycles. The number of hydrogen-bond donors (Lipinski definition) is 1. The second-order valence-corrected chi connectivity index (χ2v) is 6.38. The molecule has 2 aliphatic rings. The summed E-state index contributed by atoms with van der Waals surface area (Å²) in [7, 11) is 4.35. The molecule has 4 nitrogen and oxygen atoms in total. The molecular weight excluding hydrogens is 250 g/mol. The minimum absolute atomic E-state index is 0.0431. The smallest absolute Gasteiger partial charge is 0.102 e. The maximum Gasteiger partial charge on any atom is 0.102 e. The minimum Gasteiger partial charge on any atom is -0.400 e. The molecule has 1 fully saturated rings. The number of hydrogen-bond acceptors (Lipinski definition) is 4. The Balaban J connectivity index is 1.94. The van der Waals surface area contributed by atoms with Gasteiger partial charge >= 0.3 is 0 Å². The highest BCUT2D eigenvalue weighted by atomic mass is 16.5. The molecule has 1 aliphatic heterocycles. The molecule has 1 saturated heterocycles. The number of rotatable bonds is 4. The van der Waals surface area contributed by atoms with Gasteiger partial charge in [-0.2, -0.15) is 0 Å². The lowest BCUT2D eigenvalue weighted by Crippen LogP contribution is -2.42. The molecule has 0 amide bonds. The highest BCUT2D eigenvalue weighted by molar-refractivity contribution is 5.26. The lowest BCUT2D eigenvalue weighted by molar-refractivity contribution is 0.0225. The van der Waals surface area contributed by atoms with E-state index in [1.165, 1.54) is 18.5 Å². The first-order valence-electron chi connectivity index (χ1n) is 7.70. The molecule has 1 heterocycles. The first-order valence-corrected chi connectivity index (χ1v) is 7.70. The van der Waals surface area contributed by atoms with E-state index in [4.69, 9.17) is 10.5 Å². The van der Waals surface area contributed by atoms with Crippen LogP contribution in [0.3, 0.4) is 0 Å². The first-order chi connectivity index (χ1) is 9.47. The maximum absolute atomic E-state index is 6.05. The van der Waals surface area contributed by atoms with Gasteiger partial charge in [0.2, 0.25) is 0 Å². The van der Waals surface area contributed by atoms with E-state index in [9.17, 15) is 0 Å². The number of nitrogens with two attached hydrogens (primary N) is 1. The summed E-state index contributed by atoms with van der Waals surface area (Å²) in [6, 6.07) is 0.721. The summed E-state index contributed by atoms with van der Waals surface area (Å²) in [5.74, 6) is 0. The van der Waals surface area contributed by atoms with Crippen molar-refractivity contribution in [1.82, 2.24) is 9.80 Å². The van der Waals surface area contributed by atoms with E-state index in [0.717, 1.165) is 31.2 Å². The molecule has 0 aromatic rings. The Morgan fingerprint density at radius 1 is 1.25 bits per heavy atom. The Kier molecular flexibility index (Phi) is 5.11. The van der Waals surface area contributed by atoms with Crippen LogP contribution in [-0.4, -0.2) is 55.2 Å². The number of nitrogens with zero attached hydrogens (tertiary/aromatic N) is 2. The molecule has 2 N–H and O–H groups in total. The average molecular weight is 279 g/mol. The van der Waals surface area contributed by atoms with Crippen molar-refractivity contribution in [2.45, 2.75) is 51.4 Å². The molecule has 2 rings (SSSR count). The van der Waals surface area contributed by atoms with Crippen molar-refractivity contribution in [3.8, 4) is 0 Å². The van der Waals surface area contributed by atoms with E-state index in [0.29, 0.717) is 0 Å². The van der Waals surface area contributed by atoms with Gasteiger partial charge < -0.3 is 20.3 Å². The number of allylic oxidation sites excluding steroid dienone is 2. The van der Waals surface area contributed by atoms with Crippen molar-refractivity contribution in [3.05, 3.63) is 23.5 Å². The van der Waals surface area contributed by atoms with Gasteiger partial charge in [0.1, 0.15) is 6.10 Å². The molecule has 0 bridgehead atoms. The Morgan fingerprint density at radius 3 is 2.45 bits per heavy atom. The molecule has 1 unspecified atom stereocenters. The predicted molar refractivity (Wildman–Crippen MR) is 83.3 cm³/mol. The third-order valence-electron chi connectivity index (χ3n) is 4.27. The molecule has 0 radical (unpaired) electrons. The topological polar surface area (TPSA) is 41.7 Å². The van der Waals surface area contributed by atoms with Gasteiger partial charge in [-0.3, -0.25) is 0 Å². The molecule has 4 heteroatoms. The van der Waals surface area contributed by atoms with Crippen molar-refractivity contribution >= 4 is 0 Å². The highest BCUT2D eigenvalue weighted by Gasteiger charge is 2.26. The van der Waals surface area contributed by atoms with Crippen LogP contribution in [0.4, 0.5) is 0 Å². The molecule has 0 aromatic heterocycles. The van der Waals surface area contributed by atoms with E-state index in [2.05, 4.69) is 43.8 Å². The molecule has 20 heavy (non-hydrogen) atoms. The quantitative estimate of drug-likeness (QED) is 0.854. The Morgan fingerprint density at radius 2 is 1.90 bits per heavy atom. The monoisotopic (exact) mass is 279 g/mol. The molecule has 0 saturated carbocycles. The van der Waals surface area contributed by atoms with E-state index >= 15 is 0 Å². The first kappa shape index (κ1) is 15.4. The average Bonchev–Trinajstić information content (AvgIpc) is 2.41. The summed E-state index contributed by atoms with van der Waals surface area (Å²) in [4.78, 5) is 4.84. The zero-order chi connectivity index (χ0) is 14.7. The normalized spacial score (nSPS) is 25.1. The largest absolute Gasteiger partial charge is 0.400 e. The fourth-order valence-corrected chi connectivity index (χ4v) is 3.03. The summed E-state index contributed by atoms with van der Waals surface area (Å²) in [6.07, 6.45) is 7.83. The Bertz CT molecular complexity index is 379. The van der Waals surface area contributed by atoms with Crippen LogP contribution in [0.2, 0.25) is 0 Å². The summed E-state index contributed by atoms with van der Waals surface area (Å²) >= 11 is 0. The van der Waals surface area contributed by atoms with Gasteiger partial charge in [0, 0.05) is 36.9 Å². The maximum atomic E-state index is 6.05. The van der Waals surface area contributed by atoms with Crippen LogP contribution >= 0.6 is 0 Å². The third-order valence-corrected chi connectivity index (χ3v) is 4.27. The van der Waals surface area contributed by atoms with Crippen LogP contribution in [0.1, 0.15) is 33.1 Å². The number of piperidine rings is 1. The third kappa shape index (κ3) is 3.76. The lowest BCUT2D eigenvalue weighted by atomic mass is 9.99. The molecule has 0 spiro atoms. The van der Waals surface area contributed by atoms with Gasteiger partial charge in [0.05, 0.1) is 6.10 Å². The summed E-state index contributed by atoms with van der Waals surface area (Å²) in [6.45, 7) is 6.40. The van der Waals surface area contributed by atoms with Crippen molar-refractivity contribution in [3.63, 3.8) is 0 Å². The molecular formula is C16H29N3O. The summed E-state index contributed by atoms with van der Waals surface area (Å²) in [5.41, 5.74) is 8.28. The Labute approximate surface area is 123 Å². The van der Waals surface area contributed by atoms with E-state index in [1.807, 2.05) is 6.08 Å². The van der Waals surface area contributed by atoms with Gasteiger partial charge in [-0.15, -0.1) is 0 Å². The van der Waals surface area contributed by atoms with Crippen LogP contribution in [0, 0.1) is 0 Å². The van der Waals surface area contributed by atoms with Crippen molar-refractivity contribution in [2.75, 3.05) is 27.2 Å². The van der Waals surface area contributed by atoms with Crippen LogP contribution in [0.5, 0.6) is 0 Å². The SMILES string of the molecule is CC(C)OC1CC(N2CCC(N(C)C)CC2)=CC=C1N. The molecule has 114 valence electrons. The van der Waals surface area contributed by atoms with Crippen LogP contribution in [0.25, 0.3) is 0 Å². The summed E-state index contributed by atoms with van der Waals surface area (Å²) < 4.78 is 5.91. The van der Waals surface area contributed by atoms with E-state index < -0.39 is 0 Å². The van der Waals surface area contributed by atoms with Crippen molar-refractivity contribution in [2.24, 2.45) is 5.73 Å². The molecule has 1 aliphatic carbocycles. The highest BCUT2D eigenvalue weighted by Crippen LogP contribution is 2.26. The number of likely N-dealkylation sites (tertiary alicyclic amines) is 1. The fraction of sp³-hybridized carbons (Fsp3) is 0.750. The van der Waals surface area contributed by atoms with Crippen molar-refractivity contribution in [1.29, 1.82) is 0 Å². The second-order valence-electron chi connectivity index (χ2n) is 6.38. The van der Waals surface area contributed by atoms with Gasteiger partial charge in [0.15, 0.2) is 0 Å². The summed E-state index contributed by atoms with van der Waals surface area (Å²) in [5, 5.41) is 0. The predicted octanol–water partition coefficient (Wildman–Crippen LogP) is 1.94. The lowest BCUT2D eigenvalue weighted by Gasteiger charge is -2.39. The van der Waals surface area contributed by atoms with Gasteiger partial charge in [-0.1, -0.05) is 0 Å². The fourth-order valence-electron chi connectivity index (χ4n) is 3.03. The second kappa shape index (κ2) is 6.64. The van der Waals surface area contributed by atoms with E-state index in [1.54, 1.807) is 0 Å². The van der Waals surface area contributed by atoms with Crippen molar-refractivity contribution < 1.29 is 4.74 Å². The molecule has 1 atom stereocenters. The van der Waals surface area contributed by atoms with Gasteiger partial charge in [-0.25, -0.2) is 0 Å². The van der Waals surface area contributed by atoms with Crippen LogP contribution < -0.4 is 5.73 Å². The van der Waals surface area contributed by atoms with Crippen LogP contribution in [-0.2, 0) is 4.74 Å². The Hall–Kier alpha value is -1.00. The zero-order valence-electron chi connectivity index (χ0n) is 13.3. The van der Waals surface area contributed by atoms with Gasteiger partial charge in [0.25, 0.3) is 0 Å². The van der Waals surface area contributed by atoms with Gasteiger partial charge in [-0.05, 0) is 52.9 Å². The minimum atomic E-state index is 0.0431. The van der Waals surface area contributed by atoms with Crippen LogP contribution in [0.15, 0.2) is 23.5 Å².